The third-order valence-electron chi connectivity index (χ3n) is 2.50. The van der Waals surface area contributed by atoms with Gasteiger partial charge >= 0.3 is 0 Å². The zero-order valence-corrected chi connectivity index (χ0v) is 10.8. The van der Waals surface area contributed by atoms with Gasteiger partial charge in [0.1, 0.15) is 5.82 Å². The van der Waals surface area contributed by atoms with Gasteiger partial charge in [0.15, 0.2) is 0 Å². The molecule has 1 heterocycles. The maximum Gasteiger partial charge on any atom is 0.202 e. The van der Waals surface area contributed by atoms with Crippen LogP contribution in [0.1, 0.15) is 39.4 Å². The topological polar surface area (TPSA) is 37.8 Å². The lowest BCUT2D eigenvalue weighted by Gasteiger charge is -2.31. The average Bonchev–Trinajstić information content (AvgIpc) is 2.49. The Morgan fingerprint density at radius 2 is 2.07 bits per heavy atom. The first kappa shape index (κ1) is 11.1. The summed E-state index contributed by atoms with van der Waals surface area (Å²) in [5, 5.41) is 4.63. The largest absolute Gasteiger partial charge is 0.357 e. The van der Waals surface area contributed by atoms with Gasteiger partial charge in [-0.2, -0.15) is 4.37 Å². The second-order valence-electron chi connectivity index (χ2n) is 5.08. The molecule has 1 fully saturated rings. The Morgan fingerprint density at radius 3 is 2.53 bits per heavy atom. The summed E-state index contributed by atoms with van der Waals surface area (Å²) in [5.41, 5.74) is 0.0328. The van der Waals surface area contributed by atoms with Gasteiger partial charge in [-0.05, 0) is 12.8 Å². The second kappa shape index (κ2) is 3.91. The second-order valence-corrected chi connectivity index (χ2v) is 6.45. The minimum absolute atomic E-state index is 0.0328. The van der Waals surface area contributed by atoms with Gasteiger partial charge in [-0.1, -0.05) is 20.8 Å². The minimum atomic E-state index is 0.0328. The summed E-state index contributed by atoms with van der Waals surface area (Å²) >= 11 is 7.36. The summed E-state index contributed by atoms with van der Waals surface area (Å²) in [7, 11) is 0. The van der Waals surface area contributed by atoms with E-state index >= 15 is 0 Å². The summed E-state index contributed by atoms with van der Waals surface area (Å²) in [6.07, 6.45) is 2.07. The molecule has 1 aromatic rings. The number of halogens is 1. The van der Waals surface area contributed by atoms with Crippen molar-refractivity contribution in [1.29, 1.82) is 0 Å². The molecular weight excluding hydrogens is 230 g/mol. The van der Waals surface area contributed by atoms with Gasteiger partial charge in [-0.25, -0.2) is 4.98 Å². The smallest absolute Gasteiger partial charge is 0.202 e. The van der Waals surface area contributed by atoms with Gasteiger partial charge in [-0.3, -0.25) is 0 Å². The van der Waals surface area contributed by atoms with Crippen LogP contribution < -0.4 is 5.32 Å². The van der Waals surface area contributed by atoms with Crippen molar-refractivity contribution in [3.8, 4) is 0 Å². The number of alkyl halides is 1. The summed E-state index contributed by atoms with van der Waals surface area (Å²) in [4.78, 5) is 4.48. The maximum atomic E-state index is 5.92. The van der Waals surface area contributed by atoms with E-state index in [4.69, 9.17) is 11.6 Å². The van der Waals surface area contributed by atoms with Crippen LogP contribution in [0.15, 0.2) is 0 Å². The molecule has 3 nitrogen and oxygen atoms in total. The van der Waals surface area contributed by atoms with Crippen LogP contribution in [-0.2, 0) is 5.41 Å². The summed E-state index contributed by atoms with van der Waals surface area (Å²) < 4.78 is 4.35. The molecule has 0 atom stereocenters. The van der Waals surface area contributed by atoms with Crippen molar-refractivity contribution in [2.45, 2.75) is 50.4 Å². The number of anilines is 1. The maximum absolute atomic E-state index is 5.92. The van der Waals surface area contributed by atoms with E-state index in [1.165, 1.54) is 11.5 Å². The van der Waals surface area contributed by atoms with Crippen LogP contribution in [0.4, 0.5) is 5.13 Å². The van der Waals surface area contributed by atoms with Gasteiger partial charge in [0.2, 0.25) is 5.13 Å². The van der Waals surface area contributed by atoms with Gasteiger partial charge in [-0.15, -0.1) is 11.6 Å². The Labute approximate surface area is 99.4 Å². The third kappa shape index (κ3) is 2.61. The van der Waals surface area contributed by atoms with Crippen LogP contribution in [0.5, 0.6) is 0 Å². The quantitative estimate of drug-likeness (QED) is 0.814. The van der Waals surface area contributed by atoms with E-state index in [1.54, 1.807) is 0 Å². The van der Waals surface area contributed by atoms with Gasteiger partial charge in [0.25, 0.3) is 0 Å². The molecule has 1 aromatic heterocycles. The molecule has 15 heavy (non-hydrogen) atoms. The molecule has 84 valence electrons. The first-order chi connectivity index (χ1) is 6.95. The predicted molar refractivity (Wildman–Crippen MR) is 64.9 cm³/mol. The highest BCUT2D eigenvalue weighted by Gasteiger charge is 2.28. The number of hydrogen-bond acceptors (Lipinski definition) is 4. The molecule has 0 aliphatic heterocycles. The molecule has 2 rings (SSSR count). The molecular formula is C10H16ClN3S. The first-order valence-electron chi connectivity index (χ1n) is 5.20. The van der Waals surface area contributed by atoms with Gasteiger partial charge in [0, 0.05) is 28.4 Å². The molecule has 0 bridgehead atoms. The van der Waals surface area contributed by atoms with Crippen LogP contribution in [0, 0.1) is 0 Å². The molecule has 0 aromatic carbocycles. The van der Waals surface area contributed by atoms with Gasteiger partial charge < -0.3 is 5.32 Å². The lowest BCUT2D eigenvalue weighted by atomic mass is 9.93. The van der Waals surface area contributed by atoms with E-state index in [0.717, 1.165) is 23.8 Å². The Hall–Kier alpha value is -0.350. The SMILES string of the molecule is CC(C)(C)c1nsc(NC2CC(Cl)C2)n1. The highest BCUT2D eigenvalue weighted by molar-refractivity contribution is 7.09. The fourth-order valence-electron chi connectivity index (χ4n) is 1.43. The van der Waals surface area contributed by atoms with Crippen molar-refractivity contribution in [2.24, 2.45) is 0 Å². The third-order valence-corrected chi connectivity index (χ3v) is 3.51. The van der Waals surface area contributed by atoms with E-state index in [0.29, 0.717) is 11.4 Å². The van der Waals surface area contributed by atoms with Crippen molar-refractivity contribution in [1.82, 2.24) is 9.36 Å². The molecule has 1 aliphatic rings. The molecule has 1 saturated carbocycles. The van der Waals surface area contributed by atoms with Crippen molar-refractivity contribution in [3.05, 3.63) is 5.82 Å². The fourth-order valence-corrected chi connectivity index (χ4v) is 2.69. The number of nitrogens with zero attached hydrogens (tertiary/aromatic N) is 2. The van der Waals surface area contributed by atoms with Crippen molar-refractivity contribution >= 4 is 28.3 Å². The Kier molecular flexibility index (Phi) is 2.90. The zero-order valence-electron chi connectivity index (χ0n) is 9.25. The zero-order chi connectivity index (χ0) is 11.1. The standard InChI is InChI=1S/C10H16ClN3S/c1-10(2,3)8-13-9(15-14-8)12-7-4-6(11)5-7/h6-7H,4-5H2,1-3H3,(H,12,13,14). The molecule has 1 N–H and O–H groups in total. The van der Waals surface area contributed by atoms with E-state index in [9.17, 15) is 0 Å². The van der Waals surface area contributed by atoms with E-state index in [1.807, 2.05) is 0 Å². The lowest BCUT2D eigenvalue weighted by molar-refractivity contribution is 0.454. The van der Waals surface area contributed by atoms with Crippen molar-refractivity contribution in [2.75, 3.05) is 5.32 Å². The van der Waals surface area contributed by atoms with Crippen LogP contribution in [0.2, 0.25) is 0 Å². The minimum Gasteiger partial charge on any atom is -0.357 e. The van der Waals surface area contributed by atoms with Crippen LogP contribution >= 0.6 is 23.1 Å². The number of rotatable bonds is 2. The predicted octanol–water partition coefficient (Wildman–Crippen LogP) is 3.02. The lowest BCUT2D eigenvalue weighted by Crippen LogP contribution is -2.35. The van der Waals surface area contributed by atoms with Crippen LogP contribution in [-0.4, -0.2) is 20.8 Å². The fraction of sp³-hybridized carbons (Fsp3) is 0.800. The van der Waals surface area contributed by atoms with Crippen molar-refractivity contribution < 1.29 is 0 Å². The molecule has 1 aliphatic carbocycles. The highest BCUT2D eigenvalue weighted by Crippen LogP contribution is 2.30. The molecule has 0 spiro atoms. The highest BCUT2D eigenvalue weighted by atomic mass is 35.5. The van der Waals surface area contributed by atoms with Gasteiger partial charge in [0.05, 0.1) is 0 Å². The van der Waals surface area contributed by atoms with E-state index in [-0.39, 0.29) is 5.41 Å². The van der Waals surface area contributed by atoms with E-state index in [2.05, 4.69) is 35.4 Å². The van der Waals surface area contributed by atoms with Crippen molar-refractivity contribution in [3.63, 3.8) is 0 Å². The Bertz CT molecular complexity index is 339. The Morgan fingerprint density at radius 1 is 1.40 bits per heavy atom. The molecule has 0 amide bonds. The molecule has 5 heteroatoms. The Balaban J connectivity index is 1.96. The van der Waals surface area contributed by atoms with Crippen LogP contribution in [0.25, 0.3) is 0 Å². The van der Waals surface area contributed by atoms with Crippen LogP contribution in [0.3, 0.4) is 0 Å². The average molecular weight is 246 g/mol. The molecule has 0 radical (unpaired) electrons. The monoisotopic (exact) mass is 245 g/mol. The number of nitrogens with one attached hydrogen (secondary N) is 1. The molecule has 0 unspecified atom stereocenters. The summed E-state index contributed by atoms with van der Waals surface area (Å²) in [5.74, 6) is 0.914. The number of hydrogen-bond donors (Lipinski definition) is 1. The number of aromatic nitrogens is 2. The normalized spacial score (nSPS) is 26.1. The summed E-state index contributed by atoms with van der Waals surface area (Å²) in [6, 6.07) is 0.494. The first-order valence-corrected chi connectivity index (χ1v) is 6.41. The van der Waals surface area contributed by atoms with E-state index < -0.39 is 0 Å². The summed E-state index contributed by atoms with van der Waals surface area (Å²) in [6.45, 7) is 6.37. The molecule has 0 saturated heterocycles.